The summed E-state index contributed by atoms with van der Waals surface area (Å²) < 4.78 is 1.72. The number of carbonyl (C=O) groups excluding carboxylic acids is 1. The Balaban J connectivity index is 1.76. The zero-order valence-corrected chi connectivity index (χ0v) is 13.1. The summed E-state index contributed by atoms with van der Waals surface area (Å²) in [6, 6.07) is 7.11. The highest BCUT2D eigenvalue weighted by molar-refractivity contribution is 5.95. The van der Waals surface area contributed by atoms with E-state index in [2.05, 4.69) is 10.1 Å². The normalized spacial score (nSPS) is 17.5. The molecule has 2 heterocycles. The zero-order chi connectivity index (χ0) is 16.6. The number of nitrogens with zero attached hydrogens (tertiary/aromatic N) is 4. The van der Waals surface area contributed by atoms with Crippen molar-refractivity contribution in [1.82, 2.24) is 19.7 Å². The molecule has 1 aliphatic rings. The average molecular weight is 314 g/mol. The molecule has 1 saturated heterocycles. The lowest BCUT2D eigenvalue weighted by molar-refractivity contribution is -0.141. The minimum atomic E-state index is -0.840. The Hall–Kier alpha value is -2.70. The maximum Gasteiger partial charge on any atom is 0.308 e. The maximum atomic E-state index is 12.4. The third-order valence-corrected chi connectivity index (χ3v) is 4.06. The van der Waals surface area contributed by atoms with E-state index in [1.165, 1.54) is 0 Å². The molecule has 1 atom stereocenters. The molecule has 0 saturated carbocycles. The van der Waals surface area contributed by atoms with Gasteiger partial charge in [0.15, 0.2) is 0 Å². The van der Waals surface area contributed by atoms with Crippen LogP contribution in [-0.2, 0) is 4.79 Å². The summed E-state index contributed by atoms with van der Waals surface area (Å²) in [7, 11) is 0. The summed E-state index contributed by atoms with van der Waals surface area (Å²) in [5, 5.41) is 13.3. The fourth-order valence-electron chi connectivity index (χ4n) is 2.84. The van der Waals surface area contributed by atoms with Gasteiger partial charge in [-0.15, -0.1) is 0 Å². The van der Waals surface area contributed by atoms with Gasteiger partial charge in [-0.25, -0.2) is 9.67 Å². The van der Waals surface area contributed by atoms with Crippen LogP contribution >= 0.6 is 0 Å². The molecule has 7 heteroatoms. The second-order valence-electron chi connectivity index (χ2n) is 5.74. The number of aryl methyl sites for hydroxylation is 2. The fourth-order valence-corrected chi connectivity index (χ4v) is 2.84. The molecule has 1 aromatic carbocycles. The highest BCUT2D eigenvalue weighted by Gasteiger charge is 2.31. The number of aliphatic carboxylic acids is 1. The van der Waals surface area contributed by atoms with Gasteiger partial charge in [0, 0.05) is 18.7 Å². The zero-order valence-electron chi connectivity index (χ0n) is 13.1. The Morgan fingerprint density at radius 1 is 1.22 bits per heavy atom. The number of hydrogen-bond donors (Lipinski definition) is 1. The lowest BCUT2D eigenvalue weighted by Gasteiger charge is -2.16. The van der Waals surface area contributed by atoms with Gasteiger partial charge in [0.05, 0.1) is 11.6 Å². The van der Waals surface area contributed by atoms with Crippen LogP contribution in [-0.4, -0.2) is 49.7 Å². The molecule has 23 heavy (non-hydrogen) atoms. The maximum absolute atomic E-state index is 12.4. The summed E-state index contributed by atoms with van der Waals surface area (Å²) >= 11 is 0. The van der Waals surface area contributed by atoms with Crippen molar-refractivity contribution >= 4 is 11.9 Å². The van der Waals surface area contributed by atoms with Crippen molar-refractivity contribution in [3.63, 3.8) is 0 Å². The van der Waals surface area contributed by atoms with Crippen LogP contribution in [0.25, 0.3) is 5.69 Å². The minimum Gasteiger partial charge on any atom is -0.481 e. The highest BCUT2D eigenvalue weighted by atomic mass is 16.4. The SMILES string of the molecule is Cc1nc(C)n(-c2ccc(C(=O)N3CCC(C(=O)O)C3)cc2)n1. The summed E-state index contributed by atoms with van der Waals surface area (Å²) in [5.41, 5.74) is 1.39. The molecule has 1 N–H and O–H groups in total. The number of carboxylic acids is 1. The van der Waals surface area contributed by atoms with Gasteiger partial charge >= 0.3 is 5.97 Å². The number of carbonyl (C=O) groups is 2. The number of rotatable bonds is 3. The van der Waals surface area contributed by atoms with E-state index < -0.39 is 11.9 Å². The van der Waals surface area contributed by atoms with Crippen molar-refractivity contribution in [3.8, 4) is 5.69 Å². The molecule has 1 aliphatic heterocycles. The molecule has 1 aromatic heterocycles. The first kappa shape index (κ1) is 15.2. The van der Waals surface area contributed by atoms with Gasteiger partial charge in [-0.05, 0) is 44.5 Å². The van der Waals surface area contributed by atoms with Gasteiger partial charge < -0.3 is 10.0 Å². The Morgan fingerprint density at radius 2 is 1.91 bits per heavy atom. The average Bonchev–Trinajstić information content (AvgIpc) is 3.13. The first-order valence-corrected chi connectivity index (χ1v) is 7.48. The molecule has 0 bridgehead atoms. The summed E-state index contributed by atoms with van der Waals surface area (Å²) in [6.07, 6.45) is 0.511. The van der Waals surface area contributed by atoms with Crippen molar-refractivity contribution in [1.29, 1.82) is 0 Å². The third kappa shape index (κ3) is 2.94. The minimum absolute atomic E-state index is 0.133. The van der Waals surface area contributed by atoms with Crippen LogP contribution in [0.4, 0.5) is 0 Å². The number of amides is 1. The Morgan fingerprint density at radius 3 is 2.43 bits per heavy atom. The summed E-state index contributed by atoms with van der Waals surface area (Å²) in [5.74, 6) is 0.0447. The Labute approximate surface area is 133 Å². The topological polar surface area (TPSA) is 88.3 Å². The van der Waals surface area contributed by atoms with Gasteiger partial charge in [-0.2, -0.15) is 5.10 Å². The fraction of sp³-hybridized carbons (Fsp3) is 0.375. The second kappa shape index (κ2) is 5.83. The Kier molecular flexibility index (Phi) is 3.85. The summed E-state index contributed by atoms with van der Waals surface area (Å²) in [4.78, 5) is 29.3. The van der Waals surface area contributed by atoms with Crippen LogP contribution < -0.4 is 0 Å². The first-order chi connectivity index (χ1) is 11.0. The van der Waals surface area contributed by atoms with Gasteiger partial charge in [-0.3, -0.25) is 9.59 Å². The van der Waals surface area contributed by atoms with Crippen LogP contribution in [0.3, 0.4) is 0 Å². The predicted octanol–water partition coefficient (Wildman–Crippen LogP) is 1.43. The van der Waals surface area contributed by atoms with E-state index in [4.69, 9.17) is 5.11 Å². The molecular weight excluding hydrogens is 296 g/mol. The summed E-state index contributed by atoms with van der Waals surface area (Å²) in [6.45, 7) is 4.46. The van der Waals surface area contributed by atoms with E-state index in [1.807, 2.05) is 26.0 Å². The van der Waals surface area contributed by atoms with Crippen molar-refractivity contribution in [2.75, 3.05) is 13.1 Å². The molecule has 1 amide bonds. The van der Waals surface area contributed by atoms with E-state index in [9.17, 15) is 9.59 Å². The molecule has 2 aromatic rings. The Bertz CT molecular complexity index is 751. The number of hydrogen-bond acceptors (Lipinski definition) is 4. The van der Waals surface area contributed by atoms with Crippen molar-refractivity contribution in [2.24, 2.45) is 5.92 Å². The van der Waals surface area contributed by atoms with E-state index in [1.54, 1.807) is 21.7 Å². The molecule has 0 spiro atoms. The molecule has 0 radical (unpaired) electrons. The highest BCUT2D eigenvalue weighted by Crippen LogP contribution is 2.20. The molecule has 3 rings (SSSR count). The first-order valence-electron chi connectivity index (χ1n) is 7.48. The van der Waals surface area contributed by atoms with Crippen LogP contribution in [0.15, 0.2) is 24.3 Å². The lowest BCUT2D eigenvalue weighted by atomic mass is 10.1. The number of carboxylic acid groups (broad SMARTS) is 1. The molecule has 120 valence electrons. The van der Waals surface area contributed by atoms with Gasteiger partial charge in [0.1, 0.15) is 11.6 Å². The van der Waals surface area contributed by atoms with Crippen LogP contribution in [0.2, 0.25) is 0 Å². The molecule has 7 nitrogen and oxygen atoms in total. The van der Waals surface area contributed by atoms with Crippen LogP contribution in [0.1, 0.15) is 28.4 Å². The quantitative estimate of drug-likeness (QED) is 0.926. The molecular formula is C16H18N4O3. The standard InChI is InChI=1S/C16H18N4O3/c1-10-17-11(2)20(18-10)14-5-3-12(4-6-14)15(21)19-8-7-13(9-19)16(22)23/h3-6,13H,7-9H2,1-2H3,(H,22,23). The monoisotopic (exact) mass is 314 g/mol. The lowest BCUT2D eigenvalue weighted by Crippen LogP contribution is -2.29. The number of likely N-dealkylation sites (tertiary alicyclic amines) is 1. The molecule has 1 fully saturated rings. The smallest absolute Gasteiger partial charge is 0.308 e. The van der Waals surface area contributed by atoms with E-state index >= 15 is 0 Å². The predicted molar refractivity (Wildman–Crippen MR) is 82.5 cm³/mol. The largest absolute Gasteiger partial charge is 0.481 e. The number of aromatic nitrogens is 3. The van der Waals surface area contributed by atoms with Gasteiger partial charge in [0.2, 0.25) is 0 Å². The molecule has 0 aliphatic carbocycles. The van der Waals surface area contributed by atoms with Crippen molar-refractivity contribution in [3.05, 3.63) is 41.5 Å². The van der Waals surface area contributed by atoms with E-state index in [-0.39, 0.29) is 12.5 Å². The van der Waals surface area contributed by atoms with Crippen LogP contribution in [0.5, 0.6) is 0 Å². The third-order valence-electron chi connectivity index (χ3n) is 4.06. The second-order valence-corrected chi connectivity index (χ2v) is 5.74. The van der Waals surface area contributed by atoms with E-state index in [0.717, 1.165) is 11.5 Å². The van der Waals surface area contributed by atoms with Crippen molar-refractivity contribution in [2.45, 2.75) is 20.3 Å². The van der Waals surface area contributed by atoms with E-state index in [0.29, 0.717) is 24.4 Å². The van der Waals surface area contributed by atoms with Gasteiger partial charge in [-0.1, -0.05) is 0 Å². The van der Waals surface area contributed by atoms with Crippen molar-refractivity contribution < 1.29 is 14.7 Å². The van der Waals surface area contributed by atoms with Gasteiger partial charge in [0.25, 0.3) is 5.91 Å². The number of benzene rings is 1. The van der Waals surface area contributed by atoms with Crippen LogP contribution in [0, 0.1) is 19.8 Å². The molecule has 1 unspecified atom stereocenters.